The van der Waals surface area contributed by atoms with Crippen LogP contribution in [0.25, 0.3) is 5.57 Å². The molecule has 0 aromatic heterocycles. The molecule has 3 aliphatic rings. The number of carbonyl (C=O) groups is 2. The Morgan fingerprint density at radius 2 is 1.62 bits per heavy atom. The van der Waals surface area contributed by atoms with Gasteiger partial charge >= 0.3 is 0 Å². The summed E-state index contributed by atoms with van der Waals surface area (Å²) in [4.78, 5) is 32.9. The molecule has 2 aromatic carbocycles. The SMILES string of the molecule is O=C1C(c2ccc(Cl)cc2)=C(N2CCc3ccccc32)C(=O)N1CCCN1CCOCC1. The Bertz CT molecular complexity index is 1060. The van der Waals surface area contributed by atoms with E-state index in [0.717, 1.165) is 56.9 Å². The molecule has 0 bridgehead atoms. The van der Waals surface area contributed by atoms with Crippen LogP contribution < -0.4 is 4.90 Å². The molecular weight excluding hydrogens is 426 g/mol. The summed E-state index contributed by atoms with van der Waals surface area (Å²) >= 11 is 6.08. The van der Waals surface area contributed by atoms with Gasteiger partial charge in [0.1, 0.15) is 5.70 Å². The Morgan fingerprint density at radius 3 is 2.41 bits per heavy atom. The third-order valence-corrected chi connectivity index (χ3v) is 6.65. The largest absolute Gasteiger partial charge is 0.379 e. The first-order valence-electron chi connectivity index (χ1n) is 11.2. The number of amides is 2. The van der Waals surface area contributed by atoms with Crippen LogP contribution in [0, 0.1) is 0 Å². The molecule has 32 heavy (non-hydrogen) atoms. The summed E-state index contributed by atoms with van der Waals surface area (Å²) < 4.78 is 5.40. The molecule has 0 atom stereocenters. The van der Waals surface area contributed by atoms with Crippen LogP contribution >= 0.6 is 11.6 Å². The second kappa shape index (κ2) is 9.06. The van der Waals surface area contributed by atoms with Gasteiger partial charge in [-0.2, -0.15) is 0 Å². The van der Waals surface area contributed by atoms with Gasteiger partial charge in [-0.25, -0.2) is 0 Å². The Labute approximate surface area is 193 Å². The first-order chi connectivity index (χ1) is 15.6. The number of hydrogen-bond donors (Lipinski definition) is 0. The van der Waals surface area contributed by atoms with Crippen molar-refractivity contribution in [1.82, 2.24) is 9.80 Å². The van der Waals surface area contributed by atoms with Gasteiger partial charge in [0.25, 0.3) is 11.8 Å². The lowest BCUT2D eigenvalue weighted by molar-refractivity contribution is -0.137. The highest BCUT2D eigenvalue weighted by Crippen LogP contribution is 2.38. The zero-order valence-electron chi connectivity index (χ0n) is 17.9. The molecule has 166 valence electrons. The Kier molecular flexibility index (Phi) is 6.00. The summed E-state index contributed by atoms with van der Waals surface area (Å²) in [5.74, 6) is -0.433. The number of morpholine rings is 1. The lowest BCUT2D eigenvalue weighted by Gasteiger charge is -2.27. The van der Waals surface area contributed by atoms with Crippen LogP contribution in [-0.4, -0.2) is 67.6 Å². The van der Waals surface area contributed by atoms with Gasteiger partial charge in [-0.15, -0.1) is 0 Å². The van der Waals surface area contributed by atoms with Gasteiger partial charge in [-0.05, 0) is 42.2 Å². The minimum Gasteiger partial charge on any atom is -0.379 e. The maximum Gasteiger partial charge on any atom is 0.278 e. The Hall–Kier alpha value is -2.67. The molecule has 1 saturated heterocycles. The molecule has 0 aliphatic carbocycles. The fourth-order valence-electron chi connectivity index (χ4n) is 4.74. The number of anilines is 1. The first kappa shape index (κ1) is 21.2. The number of rotatable bonds is 6. The molecule has 0 radical (unpaired) electrons. The number of halogens is 1. The standard InChI is InChI=1S/C25H26ClN3O3/c26-20-8-6-19(7-9-20)22-23(28-13-10-18-4-1-2-5-21(18)28)25(31)29(24(22)30)12-3-11-27-14-16-32-17-15-27/h1-2,4-9H,3,10-17H2. The minimum atomic E-state index is -0.223. The lowest BCUT2D eigenvalue weighted by atomic mass is 10.0. The third kappa shape index (κ3) is 3.94. The number of fused-ring (bicyclic) bond motifs is 1. The van der Waals surface area contributed by atoms with E-state index in [1.54, 1.807) is 12.1 Å². The summed E-state index contributed by atoms with van der Waals surface area (Å²) in [6, 6.07) is 15.3. The van der Waals surface area contributed by atoms with Crippen LogP contribution in [0.4, 0.5) is 5.69 Å². The highest BCUT2D eigenvalue weighted by atomic mass is 35.5. The average molecular weight is 452 g/mol. The van der Waals surface area contributed by atoms with E-state index in [1.807, 2.05) is 35.2 Å². The fraction of sp³-hybridized carbons (Fsp3) is 0.360. The molecular formula is C25H26ClN3O3. The van der Waals surface area contributed by atoms with Crippen molar-refractivity contribution < 1.29 is 14.3 Å². The number of nitrogens with zero attached hydrogens (tertiary/aromatic N) is 3. The van der Waals surface area contributed by atoms with E-state index >= 15 is 0 Å². The van der Waals surface area contributed by atoms with Crippen LogP contribution in [0.15, 0.2) is 54.2 Å². The molecule has 0 unspecified atom stereocenters. The maximum atomic E-state index is 13.6. The van der Waals surface area contributed by atoms with Crippen molar-refractivity contribution in [3.63, 3.8) is 0 Å². The Balaban J connectivity index is 1.44. The topological polar surface area (TPSA) is 53.1 Å². The molecule has 6 nitrogen and oxygen atoms in total. The summed E-state index contributed by atoms with van der Waals surface area (Å²) in [6.07, 6.45) is 1.60. The van der Waals surface area contributed by atoms with E-state index in [9.17, 15) is 9.59 Å². The number of benzene rings is 2. The van der Waals surface area contributed by atoms with Crippen molar-refractivity contribution in [2.75, 3.05) is 50.8 Å². The normalized spacial score (nSPS) is 19.3. The van der Waals surface area contributed by atoms with Gasteiger partial charge in [0.15, 0.2) is 0 Å². The molecule has 0 N–H and O–H groups in total. The average Bonchev–Trinajstić information content (AvgIpc) is 3.34. The Morgan fingerprint density at radius 1 is 0.875 bits per heavy atom. The fourth-order valence-corrected chi connectivity index (χ4v) is 4.87. The van der Waals surface area contributed by atoms with E-state index in [0.29, 0.717) is 29.4 Å². The molecule has 2 aromatic rings. The molecule has 1 fully saturated rings. The van der Waals surface area contributed by atoms with Gasteiger partial charge in [-0.3, -0.25) is 19.4 Å². The lowest BCUT2D eigenvalue weighted by Crippen LogP contribution is -2.40. The van der Waals surface area contributed by atoms with E-state index in [2.05, 4.69) is 11.0 Å². The van der Waals surface area contributed by atoms with E-state index < -0.39 is 0 Å². The van der Waals surface area contributed by atoms with Gasteiger partial charge in [0.2, 0.25) is 0 Å². The highest BCUT2D eigenvalue weighted by molar-refractivity contribution is 6.37. The molecule has 7 heteroatoms. The van der Waals surface area contributed by atoms with Crippen molar-refractivity contribution in [3.8, 4) is 0 Å². The smallest absolute Gasteiger partial charge is 0.278 e. The maximum absolute atomic E-state index is 13.6. The molecule has 0 saturated carbocycles. The van der Waals surface area contributed by atoms with Crippen LogP contribution in [0.2, 0.25) is 5.02 Å². The molecule has 5 rings (SSSR count). The quantitative estimate of drug-likeness (QED) is 0.631. The van der Waals surface area contributed by atoms with Crippen LogP contribution in [-0.2, 0) is 20.7 Å². The summed E-state index contributed by atoms with van der Waals surface area (Å²) in [6.45, 7) is 5.21. The summed E-state index contributed by atoms with van der Waals surface area (Å²) in [5.41, 5.74) is 3.87. The number of ether oxygens (including phenoxy) is 1. The van der Waals surface area contributed by atoms with Crippen LogP contribution in [0.5, 0.6) is 0 Å². The van der Waals surface area contributed by atoms with Gasteiger partial charge < -0.3 is 9.64 Å². The predicted molar refractivity (Wildman–Crippen MR) is 124 cm³/mol. The van der Waals surface area contributed by atoms with Crippen LogP contribution in [0.3, 0.4) is 0 Å². The van der Waals surface area contributed by atoms with E-state index in [-0.39, 0.29) is 11.8 Å². The predicted octanol–water partition coefficient (Wildman–Crippen LogP) is 3.20. The van der Waals surface area contributed by atoms with Crippen molar-refractivity contribution in [3.05, 3.63) is 70.4 Å². The van der Waals surface area contributed by atoms with Gasteiger partial charge in [-0.1, -0.05) is 41.9 Å². The van der Waals surface area contributed by atoms with Crippen molar-refractivity contribution >= 4 is 34.7 Å². The number of para-hydroxylation sites is 1. The molecule has 3 heterocycles. The van der Waals surface area contributed by atoms with Crippen molar-refractivity contribution in [2.45, 2.75) is 12.8 Å². The van der Waals surface area contributed by atoms with Crippen molar-refractivity contribution in [2.24, 2.45) is 0 Å². The summed E-state index contributed by atoms with van der Waals surface area (Å²) in [7, 11) is 0. The number of imide groups is 1. The molecule has 3 aliphatic heterocycles. The highest BCUT2D eigenvalue weighted by Gasteiger charge is 2.43. The van der Waals surface area contributed by atoms with E-state index in [1.165, 1.54) is 10.5 Å². The van der Waals surface area contributed by atoms with Crippen LogP contribution in [0.1, 0.15) is 17.5 Å². The number of hydrogen-bond acceptors (Lipinski definition) is 5. The molecule has 0 spiro atoms. The van der Waals surface area contributed by atoms with Crippen molar-refractivity contribution in [1.29, 1.82) is 0 Å². The summed E-state index contributed by atoms with van der Waals surface area (Å²) in [5, 5.41) is 0.599. The second-order valence-corrected chi connectivity index (χ2v) is 8.77. The first-order valence-corrected chi connectivity index (χ1v) is 11.5. The third-order valence-electron chi connectivity index (χ3n) is 6.39. The van der Waals surface area contributed by atoms with Gasteiger partial charge in [0, 0.05) is 43.4 Å². The molecule has 2 amide bonds. The minimum absolute atomic E-state index is 0.210. The van der Waals surface area contributed by atoms with E-state index in [4.69, 9.17) is 16.3 Å². The zero-order valence-corrected chi connectivity index (χ0v) is 18.7. The second-order valence-electron chi connectivity index (χ2n) is 8.33. The monoisotopic (exact) mass is 451 g/mol. The van der Waals surface area contributed by atoms with Gasteiger partial charge in [0.05, 0.1) is 18.8 Å². The zero-order chi connectivity index (χ0) is 22.1. The number of carbonyl (C=O) groups excluding carboxylic acids is 2.